The van der Waals surface area contributed by atoms with E-state index in [1.54, 1.807) is 0 Å². The average Bonchev–Trinajstić information content (AvgIpc) is 3.44. The second-order valence-electron chi connectivity index (χ2n) is 12.9. The van der Waals surface area contributed by atoms with Gasteiger partial charge in [0.05, 0.1) is 0 Å². The molecule has 0 saturated carbocycles. The molecule has 3 heterocycles. The van der Waals surface area contributed by atoms with Gasteiger partial charge in [-0.2, -0.15) is 0 Å². The molecule has 2 aliphatic heterocycles. The van der Waals surface area contributed by atoms with Crippen LogP contribution in [0.4, 0.5) is 11.4 Å². The van der Waals surface area contributed by atoms with Crippen LogP contribution in [0.5, 0.6) is 0 Å². The highest BCUT2D eigenvalue weighted by molar-refractivity contribution is 6.70. The molecule has 0 N–H and O–H groups in total. The SMILES string of the molecule is CC1=CC(/C=C/c2ccc(N(C)C)cc2)=[N+]2C1=C(C(C)C)c1c(C)cc(/C=C/c3ccc(N(C)C)cc3)n1[B-]2(C)C. The van der Waals surface area contributed by atoms with Gasteiger partial charge in [0.1, 0.15) is 0 Å². The maximum Gasteiger partial charge on any atom is 0.373 e. The number of nitrogens with zero attached hydrogens (tertiary/aromatic N) is 4. The summed E-state index contributed by atoms with van der Waals surface area (Å²) < 4.78 is 5.23. The van der Waals surface area contributed by atoms with Crippen molar-refractivity contribution in [3.8, 4) is 0 Å². The van der Waals surface area contributed by atoms with E-state index in [4.69, 9.17) is 0 Å². The first kappa shape index (κ1) is 28.5. The lowest BCUT2D eigenvalue weighted by molar-refractivity contribution is -0.334. The first-order valence-electron chi connectivity index (χ1n) is 14.9. The standard InChI is InChI=1S/C36H45BN4/c1-25(2)34-35-26(3)23-32(21-15-28-11-17-30(18-12-28)38(7)8)40(35)37(5,6)41-33(24-27(4)36(34)41)22-16-29-13-19-31(20-14-29)39(9)10/h11-25H,1-10H3/b21-15+,22-16+. The molecule has 0 bridgehead atoms. The third-order valence-electron chi connectivity index (χ3n) is 8.58. The fourth-order valence-electron chi connectivity index (χ4n) is 6.57. The van der Waals surface area contributed by atoms with Crippen molar-refractivity contribution in [3.05, 3.63) is 106 Å². The summed E-state index contributed by atoms with van der Waals surface area (Å²) in [4.78, 5) is 4.27. The van der Waals surface area contributed by atoms with Crippen LogP contribution in [0.2, 0.25) is 13.6 Å². The lowest BCUT2D eigenvalue weighted by Gasteiger charge is -2.41. The molecule has 41 heavy (non-hydrogen) atoms. The Hall–Kier alpha value is -3.99. The molecule has 0 atom stereocenters. The number of anilines is 2. The van der Waals surface area contributed by atoms with E-state index >= 15 is 0 Å². The molecule has 212 valence electrons. The second-order valence-corrected chi connectivity index (χ2v) is 12.9. The topological polar surface area (TPSA) is 14.4 Å². The molecule has 0 radical (unpaired) electrons. The summed E-state index contributed by atoms with van der Waals surface area (Å²) in [7, 11) is 8.31. The van der Waals surface area contributed by atoms with Gasteiger partial charge in [-0.1, -0.05) is 44.2 Å². The van der Waals surface area contributed by atoms with Crippen molar-refractivity contribution in [2.75, 3.05) is 38.0 Å². The zero-order chi connectivity index (χ0) is 29.6. The van der Waals surface area contributed by atoms with Crippen LogP contribution in [0, 0.1) is 12.8 Å². The predicted molar refractivity (Wildman–Crippen MR) is 182 cm³/mol. The highest BCUT2D eigenvalue weighted by Gasteiger charge is 2.46. The largest absolute Gasteiger partial charge is 0.455 e. The van der Waals surface area contributed by atoms with Crippen LogP contribution in [-0.2, 0) is 0 Å². The Morgan fingerprint density at radius 1 is 0.756 bits per heavy atom. The van der Waals surface area contributed by atoms with E-state index in [2.05, 4.69) is 173 Å². The van der Waals surface area contributed by atoms with Crippen molar-refractivity contribution < 1.29 is 4.49 Å². The van der Waals surface area contributed by atoms with Crippen LogP contribution in [0.3, 0.4) is 0 Å². The fourth-order valence-corrected chi connectivity index (χ4v) is 6.57. The van der Waals surface area contributed by atoms with E-state index in [1.807, 2.05) is 0 Å². The minimum absolute atomic E-state index is 0.396. The summed E-state index contributed by atoms with van der Waals surface area (Å²) in [5.74, 6) is 0.396. The van der Waals surface area contributed by atoms with E-state index in [9.17, 15) is 0 Å². The molecule has 5 rings (SSSR count). The monoisotopic (exact) mass is 544 g/mol. The average molecular weight is 545 g/mol. The van der Waals surface area contributed by atoms with E-state index in [-0.39, 0.29) is 0 Å². The lowest BCUT2D eigenvalue weighted by Crippen LogP contribution is -2.53. The number of fused-ring (bicyclic) bond motifs is 2. The molecule has 2 aliphatic rings. The van der Waals surface area contributed by atoms with Crippen LogP contribution >= 0.6 is 0 Å². The molecule has 4 nitrogen and oxygen atoms in total. The van der Waals surface area contributed by atoms with Crippen molar-refractivity contribution in [2.45, 2.75) is 41.3 Å². The molecular formula is C36H45BN4. The number of benzene rings is 2. The number of allylic oxidation sites excluding steroid dienone is 4. The van der Waals surface area contributed by atoms with Crippen molar-refractivity contribution in [1.82, 2.24) is 4.48 Å². The van der Waals surface area contributed by atoms with E-state index < -0.39 is 6.42 Å². The first-order valence-corrected chi connectivity index (χ1v) is 14.9. The Kier molecular flexibility index (Phi) is 7.50. The molecule has 1 aromatic heterocycles. The summed E-state index contributed by atoms with van der Waals surface area (Å²) >= 11 is 0. The van der Waals surface area contributed by atoms with Crippen molar-refractivity contribution >= 4 is 47.3 Å². The first-order chi connectivity index (χ1) is 19.4. The minimum atomic E-state index is -1.15. The molecule has 0 fully saturated rings. The Labute approximate surface area is 247 Å². The van der Waals surface area contributed by atoms with E-state index in [0.29, 0.717) is 5.92 Å². The van der Waals surface area contributed by atoms with Gasteiger partial charge < -0.3 is 18.8 Å². The van der Waals surface area contributed by atoms with Crippen LogP contribution in [0.15, 0.2) is 78.0 Å². The number of aromatic nitrogens is 1. The Balaban J connectivity index is 1.62. The van der Waals surface area contributed by atoms with Gasteiger partial charge >= 0.3 is 6.42 Å². The van der Waals surface area contributed by atoms with Gasteiger partial charge in [-0.05, 0) is 78.9 Å². The quantitative estimate of drug-likeness (QED) is 0.279. The summed E-state index contributed by atoms with van der Waals surface area (Å²) in [6.45, 7) is 14.0. The molecule has 0 unspecified atom stereocenters. The van der Waals surface area contributed by atoms with Gasteiger partial charge in [-0.15, -0.1) is 13.6 Å². The van der Waals surface area contributed by atoms with Gasteiger partial charge in [-0.3, -0.25) is 0 Å². The van der Waals surface area contributed by atoms with Gasteiger partial charge in [0, 0.05) is 74.3 Å². The minimum Gasteiger partial charge on any atom is -0.455 e. The summed E-state index contributed by atoms with van der Waals surface area (Å²) in [5.41, 5.74) is 14.2. The van der Waals surface area contributed by atoms with E-state index in [1.165, 1.54) is 62.0 Å². The third-order valence-corrected chi connectivity index (χ3v) is 8.58. The van der Waals surface area contributed by atoms with Crippen LogP contribution in [0.1, 0.15) is 48.8 Å². The van der Waals surface area contributed by atoms with Gasteiger partial charge in [0.2, 0.25) is 0 Å². The third kappa shape index (κ3) is 5.14. The number of hydrogen-bond donors (Lipinski definition) is 0. The normalized spacial score (nSPS) is 16.2. The highest BCUT2D eigenvalue weighted by atomic mass is 15.2. The van der Waals surface area contributed by atoms with Gasteiger partial charge in [0.15, 0.2) is 11.4 Å². The molecule has 0 aliphatic carbocycles. The maximum atomic E-state index is 2.62. The van der Waals surface area contributed by atoms with Crippen molar-refractivity contribution in [1.29, 1.82) is 0 Å². The fraction of sp³-hybridized carbons (Fsp3) is 0.306. The summed E-state index contributed by atoms with van der Waals surface area (Å²) in [6, 6.07) is 19.9. The smallest absolute Gasteiger partial charge is 0.373 e. The molecule has 3 aromatic rings. The molecule has 0 spiro atoms. The van der Waals surface area contributed by atoms with Crippen molar-refractivity contribution in [2.24, 2.45) is 5.92 Å². The Morgan fingerprint density at radius 2 is 1.27 bits per heavy atom. The predicted octanol–water partition coefficient (Wildman–Crippen LogP) is 8.16. The van der Waals surface area contributed by atoms with Crippen molar-refractivity contribution in [3.63, 3.8) is 0 Å². The Morgan fingerprint density at radius 3 is 1.76 bits per heavy atom. The zero-order valence-electron chi connectivity index (χ0n) is 26.5. The summed E-state index contributed by atoms with van der Waals surface area (Å²) in [6.07, 6.45) is 10.3. The lowest BCUT2D eigenvalue weighted by atomic mass is 9.48. The maximum absolute atomic E-state index is 2.62. The molecule has 5 heteroatoms. The summed E-state index contributed by atoms with van der Waals surface area (Å²) in [5, 5.41) is 0. The number of aryl methyl sites for hydroxylation is 1. The zero-order valence-corrected chi connectivity index (χ0v) is 26.5. The molecule has 0 amide bonds. The molecule has 0 saturated heterocycles. The molecule has 2 aromatic carbocycles. The van der Waals surface area contributed by atoms with E-state index in [0.717, 1.165) is 0 Å². The number of rotatable bonds is 7. The van der Waals surface area contributed by atoms with Crippen LogP contribution in [-0.4, -0.2) is 49.3 Å². The highest BCUT2D eigenvalue weighted by Crippen LogP contribution is 2.44. The second kappa shape index (κ2) is 10.8. The van der Waals surface area contributed by atoms with Gasteiger partial charge in [0.25, 0.3) is 0 Å². The van der Waals surface area contributed by atoms with Crippen LogP contribution < -0.4 is 9.80 Å². The Bertz CT molecular complexity index is 1620. The number of hydrogen-bond acceptors (Lipinski definition) is 2. The molecular weight excluding hydrogens is 499 g/mol. The van der Waals surface area contributed by atoms with Crippen LogP contribution in [0.25, 0.3) is 23.8 Å². The van der Waals surface area contributed by atoms with Gasteiger partial charge in [-0.25, -0.2) is 0 Å².